The second-order valence-corrected chi connectivity index (χ2v) is 5.37. The van der Waals surface area contributed by atoms with Crippen LogP contribution >= 0.6 is 11.3 Å². The summed E-state index contributed by atoms with van der Waals surface area (Å²) in [5.41, 5.74) is 0.911. The first-order valence-corrected chi connectivity index (χ1v) is 7.01. The molecule has 0 spiro atoms. The Morgan fingerprint density at radius 3 is 2.94 bits per heavy atom. The monoisotopic (exact) mass is 261 g/mol. The molecule has 1 unspecified atom stereocenters. The molecule has 0 aromatic carbocycles. The number of aliphatic hydroxyl groups is 1. The summed E-state index contributed by atoms with van der Waals surface area (Å²) in [5.74, 6) is 0.867. The Bertz CT molecular complexity index is 497. The van der Waals surface area contributed by atoms with Crippen molar-refractivity contribution in [3.63, 3.8) is 0 Å². The van der Waals surface area contributed by atoms with Gasteiger partial charge in [0.1, 0.15) is 5.69 Å². The number of thiophene rings is 1. The van der Waals surface area contributed by atoms with Gasteiger partial charge in [0, 0.05) is 6.54 Å². The highest BCUT2D eigenvalue weighted by Crippen LogP contribution is 2.26. The number of nitrogens with zero attached hydrogens (tertiary/aromatic N) is 3. The maximum absolute atomic E-state index is 9.31. The highest BCUT2D eigenvalue weighted by atomic mass is 32.1. The molecule has 0 amide bonds. The molecule has 4 nitrogen and oxygen atoms in total. The Kier molecular flexibility index (Phi) is 3.25. The van der Waals surface area contributed by atoms with Gasteiger partial charge in [0.2, 0.25) is 0 Å². The standard InChI is InChI=1S/C13H15N3OS/c17-9-10-3-1-7-16(10)13-6-5-11(14-15-13)12-4-2-8-18-12/h2,4-6,8,10,17H,1,3,7,9H2. The van der Waals surface area contributed by atoms with Crippen LogP contribution in [0.5, 0.6) is 0 Å². The molecule has 2 aromatic rings. The van der Waals surface area contributed by atoms with Gasteiger partial charge in [0.25, 0.3) is 0 Å². The van der Waals surface area contributed by atoms with Gasteiger partial charge in [-0.05, 0) is 36.4 Å². The summed E-state index contributed by atoms with van der Waals surface area (Å²) in [6, 6.07) is 8.25. The van der Waals surface area contributed by atoms with Crippen molar-refractivity contribution in [3.8, 4) is 10.6 Å². The number of aliphatic hydroxyl groups excluding tert-OH is 1. The van der Waals surface area contributed by atoms with Crippen molar-refractivity contribution >= 4 is 17.2 Å². The van der Waals surface area contributed by atoms with E-state index in [0.717, 1.165) is 35.8 Å². The van der Waals surface area contributed by atoms with Crippen LogP contribution in [0.3, 0.4) is 0 Å². The molecule has 5 heteroatoms. The van der Waals surface area contributed by atoms with E-state index in [4.69, 9.17) is 0 Å². The molecule has 0 bridgehead atoms. The molecule has 2 aromatic heterocycles. The van der Waals surface area contributed by atoms with Crippen molar-refractivity contribution < 1.29 is 5.11 Å². The first kappa shape index (κ1) is 11.6. The van der Waals surface area contributed by atoms with Crippen LogP contribution in [0.4, 0.5) is 5.82 Å². The molecule has 1 aliphatic heterocycles. The van der Waals surface area contributed by atoms with Gasteiger partial charge in [0.15, 0.2) is 5.82 Å². The van der Waals surface area contributed by atoms with Crippen LogP contribution in [-0.4, -0.2) is 34.5 Å². The zero-order valence-electron chi connectivity index (χ0n) is 9.99. The maximum atomic E-state index is 9.31. The van der Waals surface area contributed by atoms with Gasteiger partial charge >= 0.3 is 0 Å². The molecular weight excluding hydrogens is 246 g/mol. The lowest BCUT2D eigenvalue weighted by Crippen LogP contribution is -2.32. The van der Waals surface area contributed by atoms with E-state index in [-0.39, 0.29) is 12.6 Å². The van der Waals surface area contributed by atoms with Crippen LogP contribution in [0.2, 0.25) is 0 Å². The molecule has 18 heavy (non-hydrogen) atoms. The molecule has 1 atom stereocenters. The fraction of sp³-hybridized carbons (Fsp3) is 0.385. The van der Waals surface area contributed by atoms with Crippen LogP contribution in [0.15, 0.2) is 29.6 Å². The topological polar surface area (TPSA) is 49.2 Å². The molecule has 3 heterocycles. The third-order valence-corrected chi connectivity index (χ3v) is 4.20. The summed E-state index contributed by atoms with van der Waals surface area (Å²) in [6.07, 6.45) is 2.14. The number of rotatable bonds is 3. The highest BCUT2D eigenvalue weighted by molar-refractivity contribution is 7.13. The minimum Gasteiger partial charge on any atom is -0.394 e. The predicted molar refractivity (Wildman–Crippen MR) is 72.8 cm³/mol. The van der Waals surface area contributed by atoms with E-state index in [2.05, 4.69) is 15.1 Å². The van der Waals surface area contributed by atoms with Crippen LogP contribution in [0.1, 0.15) is 12.8 Å². The van der Waals surface area contributed by atoms with Gasteiger partial charge in [0.05, 0.1) is 17.5 Å². The summed E-state index contributed by atoms with van der Waals surface area (Å²) in [5, 5.41) is 19.9. The van der Waals surface area contributed by atoms with Crippen molar-refractivity contribution in [2.45, 2.75) is 18.9 Å². The smallest absolute Gasteiger partial charge is 0.151 e. The lowest BCUT2D eigenvalue weighted by atomic mass is 10.2. The van der Waals surface area contributed by atoms with Crippen LogP contribution < -0.4 is 4.90 Å². The van der Waals surface area contributed by atoms with Gasteiger partial charge in [-0.2, -0.15) is 0 Å². The molecule has 0 radical (unpaired) electrons. The van der Waals surface area contributed by atoms with Gasteiger partial charge in [-0.25, -0.2) is 0 Å². The molecule has 3 rings (SSSR count). The molecule has 1 N–H and O–H groups in total. The summed E-state index contributed by atoms with van der Waals surface area (Å²) in [6.45, 7) is 1.15. The Hall–Kier alpha value is -1.46. The van der Waals surface area contributed by atoms with E-state index >= 15 is 0 Å². The van der Waals surface area contributed by atoms with Crippen LogP contribution in [-0.2, 0) is 0 Å². The molecule has 1 saturated heterocycles. The third-order valence-electron chi connectivity index (χ3n) is 3.31. The normalized spacial score (nSPS) is 19.4. The summed E-state index contributed by atoms with van der Waals surface area (Å²) >= 11 is 1.66. The minimum atomic E-state index is 0.189. The van der Waals surface area contributed by atoms with Crippen molar-refractivity contribution in [1.29, 1.82) is 0 Å². The number of aromatic nitrogens is 2. The Morgan fingerprint density at radius 2 is 2.28 bits per heavy atom. The first-order chi connectivity index (χ1) is 8.88. The van der Waals surface area contributed by atoms with E-state index in [1.807, 2.05) is 29.6 Å². The summed E-state index contributed by atoms with van der Waals surface area (Å²) in [4.78, 5) is 3.28. The van der Waals surface area contributed by atoms with Crippen molar-refractivity contribution in [1.82, 2.24) is 10.2 Å². The van der Waals surface area contributed by atoms with E-state index in [9.17, 15) is 5.11 Å². The molecule has 0 aliphatic carbocycles. The van der Waals surface area contributed by atoms with Gasteiger partial charge < -0.3 is 10.0 Å². The summed E-state index contributed by atoms with van der Waals surface area (Å²) in [7, 11) is 0. The fourth-order valence-corrected chi connectivity index (χ4v) is 3.05. The summed E-state index contributed by atoms with van der Waals surface area (Å²) < 4.78 is 0. The Labute approximate surface area is 110 Å². The fourth-order valence-electron chi connectivity index (χ4n) is 2.36. The van der Waals surface area contributed by atoms with Crippen molar-refractivity contribution in [2.75, 3.05) is 18.1 Å². The lowest BCUT2D eigenvalue weighted by molar-refractivity contribution is 0.266. The zero-order chi connectivity index (χ0) is 12.4. The second-order valence-electron chi connectivity index (χ2n) is 4.43. The van der Waals surface area contributed by atoms with E-state index in [1.165, 1.54) is 0 Å². The second kappa shape index (κ2) is 5.04. The minimum absolute atomic E-state index is 0.189. The first-order valence-electron chi connectivity index (χ1n) is 6.13. The number of hydrogen-bond acceptors (Lipinski definition) is 5. The van der Waals surface area contributed by atoms with Gasteiger partial charge in [-0.1, -0.05) is 6.07 Å². The average molecular weight is 261 g/mol. The van der Waals surface area contributed by atoms with E-state index < -0.39 is 0 Å². The average Bonchev–Trinajstić information content (AvgIpc) is 3.10. The Morgan fingerprint density at radius 1 is 1.33 bits per heavy atom. The van der Waals surface area contributed by atoms with Crippen molar-refractivity contribution in [2.24, 2.45) is 0 Å². The molecule has 94 valence electrons. The molecule has 0 saturated carbocycles. The lowest BCUT2D eigenvalue weighted by Gasteiger charge is -2.23. The van der Waals surface area contributed by atoms with Gasteiger partial charge in [-0.3, -0.25) is 0 Å². The molecular formula is C13H15N3OS. The van der Waals surface area contributed by atoms with E-state index in [0.29, 0.717) is 0 Å². The third kappa shape index (κ3) is 2.11. The van der Waals surface area contributed by atoms with E-state index in [1.54, 1.807) is 11.3 Å². The van der Waals surface area contributed by atoms with Crippen LogP contribution in [0, 0.1) is 0 Å². The molecule has 1 fully saturated rings. The SMILES string of the molecule is OCC1CCCN1c1ccc(-c2cccs2)nn1. The van der Waals surface area contributed by atoms with Crippen LogP contribution in [0.25, 0.3) is 10.6 Å². The Balaban J connectivity index is 1.83. The number of anilines is 1. The predicted octanol–water partition coefficient (Wildman–Crippen LogP) is 2.17. The quantitative estimate of drug-likeness (QED) is 0.920. The zero-order valence-corrected chi connectivity index (χ0v) is 10.8. The highest BCUT2D eigenvalue weighted by Gasteiger charge is 2.25. The maximum Gasteiger partial charge on any atom is 0.151 e. The number of hydrogen-bond donors (Lipinski definition) is 1. The van der Waals surface area contributed by atoms with Crippen molar-refractivity contribution in [3.05, 3.63) is 29.6 Å². The molecule has 1 aliphatic rings. The largest absolute Gasteiger partial charge is 0.394 e. The van der Waals surface area contributed by atoms with Gasteiger partial charge in [-0.15, -0.1) is 21.5 Å².